The van der Waals surface area contributed by atoms with Crippen molar-refractivity contribution in [3.05, 3.63) is 144 Å². The first-order valence-electron chi connectivity index (χ1n) is 24.1. The van der Waals surface area contributed by atoms with Gasteiger partial charge in [-0.05, 0) is 46.5 Å². The monoisotopic (exact) mass is 1020 g/mol. The lowest BCUT2D eigenvalue weighted by Gasteiger charge is -2.27. The number of rotatable bonds is 24. The van der Waals surface area contributed by atoms with Crippen molar-refractivity contribution < 1.29 is 54.0 Å². The van der Waals surface area contributed by atoms with E-state index in [2.05, 4.69) is 51.8 Å². The summed E-state index contributed by atoms with van der Waals surface area (Å²) in [7, 11) is 0. The van der Waals surface area contributed by atoms with Crippen LogP contribution >= 0.6 is 0 Å². The summed E-state index contributed by atoms with van der Waals surface area (Å²) in [5.74, 6) is -7.01. The number of aliphatic hydroxyl groups is 3. The number of fused-ring (bicyclic) bond motifs is 4. The SMILES string of the molecule is N[C@@H](CO)C(=O)N[C@@H](CO)C(=O)N[C@@H](CO)C(=O)N[C@@H](Cc1c[nH]c2ccccc12)C(=O)N[C@@H](Cc1c[nH]c2ccccc12)C(=O)N[C@@H](Cc1c[nH]c2ccccc12)C(=O)N[C@@H](Cc1c[nH]c2ccccc12)C(=O)O. The van der Waals surface area contributed by atoms with E-state index in [1.165, 1.54) is 0 Å². The number of nitrogens with two attached hydrogens (primary N) is 1. The molecule has 7 atom stereocenters. The predicted molar refractivity (Wildman–Crippen MR) is 276 cm³/mol. The summed E-state index contributed by atoms with van der Waals surface area (Å²) in [5.41, 5.74) is 10.9. The second kappa shape index (κ2) is 23.8. The fourth-order valence-corrected chi connectivity index (χ4v) is 9.02. The molecule has 0 fully saturated rings. The Kier molecular flexibility index (Phi) is 16.7. The fraction of sp³-hybridized carbons (Fsp3) is 0.264. The average molecular weight is 1020 g/mol. The summed E-state index contributed by atoms with van der Waals surface area (Å²) in [6.07, 6.45) is 6.13. The number of carboxylic acids is 1. The van der Waals surface area contributed by atoms with Crippen molar-refractivity contribution in [1.29, 1.82) is 0 Å². The van der Waals surface area contributed by atoms with E-state index in [1.807, 2.05) is 66.7 Å². The van der Waals surface area contributed by atoms with Gasteiger partial charge in [0, 0.05) is 94.1 Å². The molecule has 0 unspecified atom stereocenters. The number of H-pyrrole nitrogens is 4. The van der Waals surface area contributed by atoms with Crippen molar-refractivity contribution in [2.45, 2.75) is 68.0 Å². The van der Waals surface area contributed by atoms with Gasteiger partial charge in [0.1, 0.15) is 42.3 Å². The van der Waals surface area contributed by atoms with Crippen molar-refractivity contribution in [2.75, 3.05) is 19.8 Å². The molecule has 8 rings (SSSR count). The minimum absolute atomic E-state index is 0.0969. The normalized spacial score (nSPS) is 14.3. The van der Waals surface area contributed by atoms with Gasteiger partial charge in [0.25, 0.3) is 0 Å². The maximum absolute atomic E-state index is 15.0. The number of aromatic amines is 4. The van der Waals surface area contributed by atoms with Crippen LogP contribution in [-0.4, -0.2) is 144 Å². The number of carboxylic acid groups (broad SMARTS) is 1. The molecule has 0 aliphatic heterocycles. The molecule has 4 aromatic carbocycles. The minimum atomic E-state index is -1.74. The molecule has 0 spiro atoms. The lowest BCUT2D eigenvalue weighted by molar-refractivity contribution is -0.142. The van der Waals surface area contributed by atoms with E-state index < -0.39 is 104 Å². The van der Waals surface area contributed by atoms with Gasteiger partial charge in [-0.15, -0.1) is 0 Å². The number of amides is 6. The molecule has 0 aliphatic carbocycles. The third kappa shape index (κ3) is 12.3. The molecule has 0 aliphatic rings. The van der Waals surface area contributed by atoms with Crippen LogP contribution in [0.3, 0.4) is 0 Å². The molecule has 0 saturated heterocycles. The molecule has 0 saturated carbocycles. The molecule has 8 aromatic rings. The number of aliphatic hydroxyl groups excluding tert-OH is 3. The number of carbonyl (C=O) groups excluding carboxylic acids is 6. The number of aromatic nitrogens is 4. The van der Waals surface area contributed by atoms with Gasteiger partial charge in [0.15, 0.2) is 0 Å². The van der Waals surface area contributed by atoms with Gasteiger partial charge in [-0.25, -0.2) is 4.79 Å². The summed E-state index contributed by atoms with van der Waals surface area (Å²) >= 11 is 0. The zero-order valence-electron chi connectivity index (χ0n) is 40.3. The van der Waals surface area contributed by atoms with Crippen molar-refractivity contribution in [3.8, 4) is 0 Å². The Bertz CT molecular complexity index is 3360. The summed E-state index contributed by atoms with van der Waals surface area (Å²) in [6.45, 7) is -2.72. The summed E-state index contributed by atoms with van der Waals surface area (Å²) in [4.78, 5) is 110. The van der Waals surface area contributed by atoms with Crippen LogP contribution < -0.4 is 37.6 Å². The predicted octanol–water partition coefficient (Wildman–Crippen LogP) is 0.180. The first kappa shape index (κ1) is 52.5. The number of hydrogen-bond acceptors (Lipinski definition) is 11. The van der Waals surface area contributed by atoms with Crippen LogP contribution in [0.4, 0.5) is 0 Å². The third-order valence-electron chi connectivity index (χ3n) is 13.1. The molecular weight excluding hydrogens is 967 g/mol. The summed E-state index contributed by atoms with van der Waals surface area (Å²) in [5, 5.41) is 58.2. The lowest BCUT2D eigenvalue weighted by atomic mass is 9.99. The molecule has 22 nitrogen and oxygen atoms in total. The van der Waals surface area contributed by atoms with Crippen LogP contribution in [0.25, 0.3) is 43.6 Å². The molecule has 22 heteroatoms. The lowest BCUT2D eigenvalue weighted by Crippen LogP contribution is -2.61. The highest BCUT2D eigenvalue weighted by Crippen LogP contribution is 2.24. The van der Waals surface area contributed by atoms with Crippen LogP contribution in [-0.2, 0) is 59.2 Å². The van der Waals surface area contributed by atoms with Gasteiger partial charge in [-0.1, -0.05) is 72.8 Å². The van der Waals surface area contributed by atoms with Crippen molar-refractivity contribution in [3.63, 3.8) is 0 Å². The van der Waals surface area contributed by atoms with Gasteiger partial charge in [-0.2, -0.15) is 0 Å². The van der Waals surface area contributed by atoms with Crippen LogP contribution in [0.15, 0.2) is 122 Å². The van der Waals surface area contributed by atoms with Crippen molar-refractivity contribution >= 4 is 85.0 Å². The zero-order chi connectivity index (χ0) is 53.2. The van der Waals surface area contributed by atoms with Gasteiger partial charge < -0.3 is 78.0 Å². The molecule has 0 radical (unpaired) electrons. The molecule has 0 bridgehead atoms. The van der Waals surface area contributed by atoms with Gasteiger partial charge in [0.05, 0.1) is 19.8 Å². The number of para-hydroxylation sites is 4. The maximum atomic E-state index is 15.0. The first-order chi connectivity index (χ1) is 36.2. The Hall–Kier alpha value is -8.83. The standard InChI is InChI=1S/C53H57N11O11/c54-36(25-65)47(68)63-45(26-66)52(73)64-46(27-67)51(72)61-42(18-29-22-56-38-14-6-2-10-33(29)38)49(70)59-41(17-28-21-55-37-13-5-1-9-32(28)37)48(69)60-43(19-30-23-57-39-15-7-3-11-34(30)39)50(71)62-44(53(74)75)20-31-24-58-40-16-8-4-12-35(31)40/h1-16,21-24,36,41-46,55-58,65-67H,17-20,25-27,54H2,(H,59,70)(H,60,69)(H,61,72)(H,62,71)(H,63,68)(H,64,73)(H,74,75)/t36-,41-,42-,43-,44-,45-,46-/m0/s1. The molecule has 75 heavy (non-hydrogen) atoms. The fourth-order valence-electron chi connectivity index (χ4n) is 9.02. The Morgan fingerprint density at radius 1 is 0.373 bits per heavy atom. The van der Waals surface area contributed by atoms with Gasteiger partial charge in [0.2, 0.25) is 35.4 Å². The van der Waals surface area contributed by atoms with E-state index in [-0.39, 0.29) is 25.7 Å². The van der Waals surface area contributed by atoms with Crippen molar-refractivity contribution in [1.82, 2.24) is 51.8 Å². The van der Waals surface area contributed by atoms with Crippen LogP contribution in [0, 0.1) is 0 Å². The largest absolute Gasteiger partial charge is 0.480 e. The number of benzene rings is 4. The number of nitrogens with one attached hydrogen (secondary N) is 10. The number of aliphatic carboxylic acids is 1. The Balaban J connectivity index is 1.10. The molecular formula is C53H57N11O11. The quantitative estimate of drug-likeness (QED) is 0.0386. The van der Waals surface area contributed by atoms with Crippen LogP contribution in [0.5, 0.6) is 0 Å². The van der Waals surface area contributed by atoms with E-state index >= 15 is 4.79 Å². The second-order valence-corrected chi connectivity index (χ2v) is 18.1. The van der Waals surface area contributed by atoms with E-state index in [0.29, 0.717) is 33.2 Å². The van der Waals surface area contributed by atoms with Gasteiger partial charge >= 0.3 is 5.97 Å². The summed E-state index contributed by atoms with van der Waals surface area (Å²) in [6, 6.07) is 18.4. The van der Waals surface area contributed by atoms with Gasteiger partial charge in [-0.3, -0.25) is 28.8 Å². The minimum Gasteiger partial charge on any atom is -0.480 e. The number of carbonyl (C=O) groups is 7. The van der Waals surface area contributed by atoms with Crippen LogP contribution in [0.2, 0.25) is 0 Å². The third-order valence-corrected chi connectivity index (χ3v) is 13.1. The highest BCUT2D eigenvalue weighted by Gasteiger charge is 2.35. The maximum Gasteiger partial charge on any atom is 0.326 e. The highest BCUT2D eigenvalue weighted by molar-refractivity contribution is 5.99. The topological polar surface area (TPSA) is 362 Å². The first-order valence-corrected chi connectivity index (χ1v) is 24.1. The Morgan fingerprint density at radius 2 is 0.627 bits per heavy atom. The zero-order valence-corrected chi connectivity index (χ0v) is 40.3. The Labute approximate surface area is 427 Å². The molecule has 16 N–H and O–H groups in total. The molecule has 6 amide bonds. The summed E-state index contributed by atoms with van der Waals surface area (Å²) < 4.78 is 0. The van der Waals surface area contributed by atoms with E-state index in [9.17, 15) is 49.2 Å². The smallest absolute Gasteiger partial charge is 0.326 e. The highest BCUT2D eigenvalue weighted by atomic mass is 16.4. The molecule has 4 aromatic heterocycles. The van der Waals surface area contributed by atoms with E-state index in [0.717, 1.165) is 32.7 Å². The second-order valence-electron chi connectivity index (χ2n) is 18.1. The van der Waals surface area contributed by atoms with Crippen molar-refractivity contribution in [2.24, 2.45) is 5.73 Å². The van der Waals surface area contributed by atoms with Crippen LogP contribution in [0.1, 0.15) is 22.3 Å². The molecule has 4 heterocycles. The molecule has 390 valence electrons. The van der Waals surface area contributed by atoms with E-state index in [1.54, 1.807) is 55.1 Å². The number of hydrogen-bond donors (Lipinski definition) is 15. The average Bonchev–Trinajstić information content (AvgIpc) is 4.24. The van der Waals surface area contributed by atoms with E-state index in [4.69, 9.17) is 5.73 Å². The Morgan fingerprint density at radius 3 is 0.920 bits per heavy atom.